The quantitative estimate of drug-likeness (QED) is 0.455. The number of carbonyl (C=O) groups is 2. The number of rotatable bonds is 8. The van der Waals surface area contributed by atoms with Crippen LogP contribution in [0.1, 0.15) is 119 Å². The van der Waals surface area contributed by atoms with Crippen molar-refractivity contribution in [3.8, 4) is 11.4 Å². The molecule has 3 N–H and O–H groups in total. The van der Waals surface area contributed by atoms with Crippen molar-refractivity contribution in [1.82, 2.24) is 25.2 Å². The predicted octanol–water partition coefficient (Wildman–Crippen LogP) is 4.91. The van der Waals surface area contributed by atoms with Crippen LogP contribution >= 0.6 is 0 Å². The molecule has 2 amide bonds. The lowest BCUT2D eigenvalue weighted by molar-refractivity contribution is 0.0694. The maximum atomic E-state index is 13.2. The Morgan fingerprint density at radius 3 is 2.29 bits per heavy atom. The van der Waals surface area contributed by atoms with Crippen molar-refractivity contribution < 1.29 is 14.7 Å². The normalized spacial score (nSPS) is 17.8. The fourth-order valence-electron chi connectivity index (χ4n) is 5.12. The molecular weight excluding hydrogens is 478 g/mol. The highest BCUT2D eigenvalue weighted by atomic mass is 16.3. The van der Waals surface area contributed by atoms with E-state index in [1.807, 2.05) is 33.8 Å². The molecule has 2 saturated carbocycles. The predicted molar refractivity (Wildman–Crippen MR) is 149 cm³/mol. The number of nitrogens with zero attached hydrogens (tertiary/aromatic N) is 3. The van der Waals surface area contributed by atoms with Gasteiger partial charge in [-0.05, 0) is 85.3 Å². The van der Waals surface area contributed by atoms with Gasteiger partial charge in [0.05, 0.1) is 22.6 Å². The minimum atomic E-state index is -1.01. The third-order valence-corrected chi connectivity index (χ3v) is 7.71. The summed E-state index contributed by atoms with van der Waals surface area (Å²) in [5.41, 5.74) is 1.76. The summed E-state index contributed by atoms with van der Waals surface area (Å²) in [6.45, 7) is 14.3. The summed E-state index contributed by atoms with van der Waals surface area (Å²) in [6, 6.07) is 3.66. The molecule has 4 rings (SSSR count). The lowest BCUT2D eigenvalue weighted by Crippen LogP contribution is -2.41. The van der Waals surface area contributed by atoms with Crippen LogP contribution in [0, 0.1) is 12.8 Å². The lowest BCUT2D eigenvalue weighted by Gasteiger charge is -2.24. The van der Waals surface area contributed by atoms with Crippen molar-refractivity contribution in [1.29, 1.82) is 0 Å². The van der Waals surface area contributed by atoms with Gasteiger partial charge in [-0.25, -0.2) is 9.97 Å². The summed E-state index contributed by atoms with van der Waals surface area (Å²) < 4.78 is 2.21. The Morgan fingerprint density at radius 2 is 1.71 bits per heavy atom. The van der Waals surface area contributed by atoms with Crippen molar-refractivity contribution in [2.24, 2.45) is 5.92 Å². The van der Waals surface area contributed by atoms with Gasteiger partial charge in [0.1, 0.15) is 11.5 Å². The van der Waals surface area contributed by atoms with E-state index >= 15 is 0 Å². The van der Waals surface area contributed by atoms with Gasteiger partial charge in [0, 0.05) is 29.7 Å². The second-order valence-electron chi connectivity index (χ2n) is 13.4. The molecule has 0 spiro atoms. The fraction of sp³-hybridized carbons (Fsp3) is 0.667. The second kappa shape index (κ2) is 10.4. The number of amides is 2. The van der Waals surface area contributed by atoms with E-state index in [1.165, 1.54) is 32.1 Å². The number of hydrogen-bond acceptors (Lipinski definition) is 5. The lowest BCUT2D eigenvalue weighted by atomic mass is 9.89. The fourth-order valence-corrected chi connectivity index (χ4v) is 5.12. The average molecular weight is 524 g/mol. The molecule has 0 bridgehead atoms. The Balaban J connectivity index is 1.79. The van der Waals surface area contributed by atoms with E-state index < -0.39 is 11.1 Å². The summed E-state index contributed by atoms with van der Waals surface area (Å²) in [4.78, 5) is 36.1. The van der Waals surface area contributed by atoms with Crippen LogP contribution in [0.15, 0.2) is 12.1 Å². The average Bonchev–Trinajstić information content (AvgIpc) is 3.51. The topological polar surface area (TPSA) is 109 Å². The molecule has 2 aliphatic rings. The molecule has 0 saturated heterocycles. The van der Waals surface area contributed by atoms with Gasteiger partial charge < -0.3 is 20.3 Å². The van der Waals surface area contributed by atoms with Gasteiger partial charge in [-0.2, -0.15) is 0 Å². The number of aliphatic hydroxyl groups is 1. The van der Waals surface area contributed by atoms with Crippen LogP contribution in [0.4, 0.5) is 0 Å². The van der Waals surface area contributed by atoms with Gasteiger partial charge in [-0.3, -0.25) is 9.59 Å². The molecule has 0 radical (unpaired) electrons. The highest BCUT2D eigenvalue weighted by molar-refractivity contribution is 5.97. The minimum Gasteiger partial charge on any atom is -0.389 e. The minimum absolute atomic E-state index is 0.129. The van der Waals surface area contributed by atoms with Crippen LogP contribution < -0.4 is 10.6 Å². The van der Waals surface area contributed by atoms with Crippen molar-refractivity contribution >= 4 is 11.8 Å². The van der Waals surface area contributed by atoms with E-state index in [1.54, 1.807) is 19.9 Å². The highest BCUT2D eigenvalue weighted by Gasteiger charge is 2.43. The smallest absolute Gasteiger partial charge is 0.270 e. The Hall–Kier alpha value is -2.74. The van der Waals surface area contributed by atoms with Crippen LogP contribution in [0.3, 0.4) is 0 Å². The molecular formula is C30H45N5O3. The van der Waals surface area contributed by atoms with Gasteiger partial charge >= 0.3 is 0 Å². The number of aromatic nitrogens is 3. The maximum absolute atomic E-state index is 13.2. The van der Waals surface area contributed by atoms with Crippen molar-refractivity contribution in [2.75, 3.05) is 6.54 Å². The van der Waals surface area contributed by atoms with Gasteiger partial charge in [-0.1, -0.05) is 26.2 Å². The van der Waals surface area contributed by atoms with Gasteiger partial charge in [0.25, 0.3) is 11.8 Å². The standard InChI is InChI=1S/C30H45N5O3/c1-19-21(25(36)31-18-29(5,6)38)15-24(35(19)17-20-11-9-8-10-12-20)22-16-23(26(37)34-28(2,3)4)33-27(32-22)30(7)13-14-30/h15-16,20,38H,8-14,17-18H2,1-7H3,(H,31,36)(H,34,37). The third kappa shape index (κ3) is 6.82. The zero-order chi connectivity index (χ0) is 27.9. The zero-order valence-electron chi connectivity index (χ0n) is 24.2. The van der Waals surface area contributed by atoms with E-state index in [2.05, 4.69) is 22.1 Å². The molecule has 0 unspecified atom stereocenters. The molecule has 2 aromatic heterocycles. The molecule has 208 valence electrons. The molecule has 2 heterocycles. The summed E-state index contributed by atoms with van der Waals surface area (Å²) >= 11 is 0. The monoisotopic (exact) mass is 523 g/mol. The molecule has 2 fully saturated rings. The molecule has 2 aromatic rings. The van der Waals surface area contributed by atoms with E-state index in [9.17, 15) is 14.7 Å². The zero-order valence-corrected chi connectivity index (χ0v) is 24.2. The van der Waals surface area contributed by atoms with Gasteiger partial charge in [0.15, 0.2) is 0 Å². The first-order chi connectivity index (χ1) is 17.7. The van der Waals surface area contributed by atoms with Crippen molar-refractivity contribution in [3.63, 3.8) is 0 Å². The van der Waals surface area contributed by atoms with E-state index in [0.29, 0.717) is 28.7 Å². The number of hydrogen-bond donors (Lipinski definition) is 3. The summed E-state index contributed by atoms with van der Waals surface area (Å²) in [5, 5.41) is 16.1. The number of carbonyl (C=O) groups excluding carboxylic acids is 2. The first kappa shape index (κ1) is 28.3. The van der Waals surface area contributed by atoms with Crippen LogP contribution in [0.25, 0.3) is 11.4 Å². The Labute approximate surface area is 227 Å². The third-order valence-electron chi connectivity index (χ3n) is 7.71. The Morgan fingerprint density at radius 1 is 1.05 bits per heavy atom. The van der Waals surface area contributed by atoms with Crippen molar-refractivity contribution in [3.05, 3.63) is 34.9 Å². The SMILES string of the molecule is Cc1c(C(=O)NCC(C)(C)O)cc(-c2cc(C(=O)NC(C)(C)C)nc(C3(C)CC3)n2)n1CC1CCCCC1. The van der Waals surface area contributed by atoms with Crippen LogP contribution in [-0.4, -0.2) is 49.1 Å². The Kier molecular flexibility index (Phi) is 7.77. The molecule has 8 nitrogen and oxygen atoms in total. The summed E-state index contributed by atoms with van der Waals surface area (Å²) in [5.74, 6) is 0.774. The van der Waals surface area contributed by atoms with Crippen LogP contribution in [-0.2, 0) is 12.0 Å². The maximum Gasteiger partial charge on any atom is 0.270 e. The van der Waals surface area contributed by atoms with Crippen LogP contribution in [0.2, 0.25) is 0 Å². The molecule has 0 atom stereocenters. The van der Waals surface area contributed by atoms with E-state index in [-0.39, 0.29) is 23.8 Å². The van der Waals surface area contributed by atoms with Crippen LogP contribution in [0.5, 0.6) is 0 Å². The molecule has 0 aliphatic heterocycles. The highest BCUT2D eigenvalue weighted by Crippen LogP contribution is 2.46. The van der Waals surface area contributed by atoms with E-state index in [0.717, 1.165) is 30.8 Å². The largest absolute Gasteiger partial charge is 0.389 e. The first-order valence-corrected chi connectivity index (χ1v) is 14.1. The first-order valence-electron chi connectivity index (χ1n) is 14.1. The molecule has 0 aromatic carbocycles. The Bertz CT molecular complexity index is 1190. The second-order valence-corrected chi connectivity index (χ2v) is 13.4. The van der Waals surface area contributed by atoms with Gasteiger partial charge in [0.2, 0.25) is 0 Å². The summed E-state index contributed by atoms with van der Waals surface area (Å²) in [7, 11) is 0. The molecule has 8 heteroatoms. The molecule has 38 heavy (non-hydrogen) atoms. The molecule has 2 aliphatic carbocycles. The van der Waals surface area contributed by atoms with Gasteiger partial charge in [-0.15, -0.1) is 0 Å². The van der Waals surface area contributed by atoms with Crippen molar-refractivity contribution in [2.45, 2.75) is 117 Å². The summed E-state index contributed by atoms with van der Waals surface area (Å²) in [6.07, 6.45) is 8.05. The number of nitrogens with one attached hydrogen (secondary N) is 2. The van der Waals surface area contributed by atoms with E-state index in [4.69, 9.17) is 9.97 Å².